The molecule has 4 rings (SSSR count). The van der Waals surface area contributed by atoms with Crippen LogP contribution in [-0.2, 0) is 0 Å². The molecule has 0 heterocycles. The molecule has 0 atom stereocenters. The van der Waals surface area contributed by atoms with Gasteiger partial charge in [-0.3, -0.25) is 0 Å². The van der Waals surface area contributed by atoms with Crippen molar-refractivity contribution < 1.29 is 0 Å². The zero-order valence-electron chi connectivity index (χ0n) is 18.7. The standard InChI is InChI=1S/C28H32P2/c1-5-29(6-2)25-19-17-21-13-9-11-15-23(21)27(25)28-24-16-12-10-14-22(24)18-20-26(28)30(7-3)8-4/h9-20H,5-8H2,1-4H3. The number of rotatable bonds is 7. The van der Waals surface area contributed by atoms with E-state index in [0.29, 0.717) is 0 Å². The van der Waals surface area contributed by atoms with Crippen molar-refractivity contribution in [3.8, 4) is 11.1 Å². The van der Waals surface area contributed by atoms with Gasteiger partial charge >= 0.3 is 0 Å². The summed E-state index contributed by atoms with van der Waals surface area (Å²) in [7, 11) is -0.315. The first-order valence-corrected chi connectivity index (χ1v) is 14.7. The molecular formula is C28H32P2. The summed E-state index contributed by atoms with van der Waals surface area (Å²) in [6.07, 6.45) is 4.97. The fourth-order valence-corrected chi connectivity index (χ4v) is 8.63. The highest BCUT2D eigenvalue weighted by atomic mass is 31.1. The van der Waals surface area contributed by atoms with Gasteiger partial charge in [0.05, 0.1) is 0 Å². The van der Waals surface area contributed by atoms with Gasteiger partial charge in [-0.2, -0.15) is 0 Å². The number of fused-ring (bicyclic) bond motifs is 2. The molecule has 4 aromatic carbocycles. The summed E-state index contributed by atoms with van der Waals surface area (Å²) >= 11 is 0. The summed E-state index contributed by atoms with van der Waals surface area (Å²) in [4.78, 5) is 0. The molecule has 0 bridgehead atoms. The van der Waals surface area contributed by atoms with E-state index >= 15 is 0 Å². The Kier molecular flexibility index (Phi) is 6.87. The van der Waals surface area contributed by atoms with E-state index in [9.17, 15) is 0 Å². The summed E-state index contributed by atoms with van der Waals surface area (Å²) < 4.78 is 0. The van der Waals surface area contributed by atoms with Crippen molar-refractivity contribution >= 4 is 48.0 Å². The Balaban J connectivity index is 2.19. The molecule has 0 radical (unpaired) electrons. The van der Waals surface area contributed by atoms with Gasteiger partial charge in [0, 0.05) is 0 Å². The predicted molar refractivity (Wildman–Crippen MR) is 142 cm³/mol. The van der Waals surface area contributed by atoms with Crippen molar-refractivity contribution in [2.24, 2.45) is 0 Å². The topological polar surface area (TPSA) is 0 Å². The summed E-state index contributed by atoms with van der Waals surface area (Å²) in [6, 6.07) is 27.6. The molecule has 30 heavy (non-hydrogen) atoms. The van der Waals surface area contributed by atoms with Crippen LogP contribution in [0.1, 0.15) is 27.7 Å². The quantitative estimate of drug-likeness (QED) is 0.261. The van der Waals surface area contributed by atoms with Crippen LogP contribution in [0.5, 0.6) is 0 Å². The smallest absolute Gasteiger partial charge is 0.00157 e. The summed E-state index contributed by atoms with van der Waals surface area (Å²) in [5, 5.41) is 8.74. The Hall–Kier alpha value is -1.74. The van der Waals surface area contributed by atoms with Crippen LogP contribution in [0.3, 0.4) is 0 Å². The first-order valence-electron chi connectivity index (χ1n) is 11.3. The molecule has 0 aromatic heterocycles. The van der Waals surface area contributed by atoms with Crippen LogP contribution in [0.2, 0.25) is 0 Å². The van der Waals surface area contributed by atoms with Gasteiger partial charge < -0.3 is 0 Å². The SMILES string of the molecule is CCP(CC)c1ccc2ccccc2c1-c1c(P(CC)CC)ccc2ccccc12. The lowest BCUT2D eigenvalue weighted by Gasteiger charge is -2.26. The molecule has 0 aliphatic carbocycles. The van der Waals surface area contributed by atoms with Crippen LogP contribution < -0.4 is 10.6 Å². The second kappa shape index (κ2) is 9.60. The van der Waals surface area contributed by atoms with Gasteiger partial charge in [0.2, 0.25) is 0 Å². The van der Waals surface area contributed by atoms with Crippen LogP contribution in [0.15, 0.2) is 72.8 Å². The molecule has 0 unspecified atom stereocenters. The summed E-state index contributed by atoms with van der Waals surface area (Å²) in [5.74, 6) is 0. The lowest BCUT2D eigenvalue weighted by atomic mass is 9.93. The van der Waals surface area contributed by atoms with Gasteiger partial charge in [0.25, 0.3) is 0 Å². The van der Waals surface area contributed by atoms with E-state index in [1.807, 2.05) is 0 Å². The van der Waals surface area contributed by atoms with Gasteiger partial charge in [-0.25, -0.2) is 0 Å². The van der Waals surface area contributed by atoms with E-state index in [-0.39, 0.29) is 15.8 Å². The van der Waals surface area contributed by atoms with Crippen molar-refractivity contribution in [2.75, 3.05) is 24.6 Å². The Morgan fingerprint density at radius 1 is 0.467 bits per heavy atom. The molecule has 0 fully saturated rings. The molecule has 0 amide bonds. The third kappa shape index (κ3) is 3.82. The van der Waals surface area contributed by atoms with Crippen LogP contribution in [-0.4, -0.2) is 24.6 Å². The highest BCUT2D eigenvalue weighted by Gasteiger charge is 2.22. The number of benzene rings is 4. The van der Waals surface area contributed by atoms with Gasteiger partial charge in [0.15, 0.2) is 0 Å². The van der Waals surface area contributed by atoms with E-state index < -0.39 is 0 Å². The highest BCUT2D eigenvalue weighted by molar-refractivity contribution is 7.66. The fourth-order valence-electron chi connectivity index (χ4n) is 4.70. The molecule has 0 spiro atoms. The van der Waals surface area contributed by atoms with E-state index in [1.165, 1.54) is 57.3 Å². The lowest BCUT2D eigenvalue weighted by Crippen LogP contribution is -2.15. The number of hydrogen-bond acceptors (Lipinski definition) is 0. The summed E-state index contributed by atoms with van der Waals surface area (Å²) in [5.41, 5.74) is 3.04. The minimum Gasteiger partial charge on any atom is -0.0752 e. The molecule has 154 valence electrons. The van der Waals surface area contributed by atoms with Gasteiger partial charge in [0.1, 0.15) is 0 Å². The third-order valence-corrected chi connectivity index (χ3v) is 11.4. The van der Waals surface area contributed by atoms with Crippen LogP contribution in [0, 0.1) is 0 Å². The second-order valence-corrected chi connectivity index (χ2v) is 13.4. The van der Waals surface area contributed by atoms with Crippen molar-refractivity contribution in [2.45, 2.75) is 27.7 Å². The lowest BCUT2D eigenvalue weighted by molar-refractivity contribution is 1.42. The Morgan fingerprint density at radius 3 is 1.20 bits per heavy atom. The Labute approximate surface area is 184 Å². The molecule has 0 saturated heterocycles. The van der Waals surface area contributed by atoms with E-state index in [0.717, 1.165) is 0 Å². The molecular weight excluding hydrogens is 398 g/mol. The van der Waals surface area contributed by atoms with Gasteiger partial charge in [-0.1, -0.05) is 116 Å². The van der Waals surface area contributed by atoms with Gasteiger partial charge in [-0.15, -0.1) is 0 Å². The first-order chi connectivity index (χ1) is 14.7. The third-order valence-electron chi connectivity index (χ3n) is 6.27. The molecule has 0 aliphatic rings. The van der Waals surface area contributed by atoms with Crippen LogP contribution in [0.25, 0.3) is 32.7 Å². The fraction of sp³-hybridized carbons (Fsp3) is 0.286. The minimum absolute atomic E-state index is 0.157. The molecule has 0 nitrogen and oxygen atoms in total. The second-order valence-electron chi connectivity index (χ2n) is 7.71. The van der Waals surface area contributed by atoms with E-state index in [2.05, 4.69) is 100 Å². The van der Waals surface area contributed by atoms with Crippen molar-refractivity contribution in [3.63, 3.8) is 0 Å². The van der Waals surface area contributed by atoms with Crippen molar-refractivity contribution in [1.82, 2.24) is 0 Å². The van der Waals surface area contributed by atoms with Crippen LogP contribution in [0.4, 0.5) is 0 Å². The Bertz CT molecular complexity index is 1060. The maximum Gasteiger partial charge on any atom is -0.00157 e. The molecule has 0 aliphatic heterocycles. The van der Waals surface area contributed by atoms with E-state index in [4.69, 9.17) is 0 Å². The van der Waals surface area contributed by atoms with Crippen molar-refractivity contribution in [1.29, 1.82) is 0 Å². The zero-order chi connectivity index (χ0) is 21.1. The number of hydrogen-bond donors (Lipinski definition) is 0. The van der Waals surface area contributed by atoms with Gasteiger partial charge in [-0.05, 0) is 67.9 Å². The molecule has 2 heteroatoms. The molecule has 0 N–H and O–H groups in total. The molecule has 4 aromatic rings. The monoisotopic (exact) mass is 430 g/mol. The van der Waals surface area contributed by atoms with Crippen molar-refractivity contribution in [3.05, 3.63) is 72.8 Å². The predicted octanol–water partition coefficient (Wildman–Crippen LogP) is 7.95. The largest absolute Gasteiger partial charge is 0.0752 e. The maximum absolute atomic E-state index is 2.45. The first kappa shape index (κ1) is 21.5. The van der Waals surface area contributed by atoms with Crippen LogP contribution >= 0.6 is 15.8 Å². The van der Waals surface area contributed by atoms with E-state index in [1.54, 1.807) is 10.6 Å². The maximum atomic E-state index is 2.45. The zero-order valence-corrected chi connectivity index (χ0v) is 20.4. The average molecular weight is 431 g/mol. The normalized spacial score (nSPS) is 11.8. The average Bonchev–Trinajstić information content (AvgIpc) is 2.80. The Morgan fingerprint density at radius 2 is 0.833 bits per heavy atom. The highest BCUT2D eigenvalue weighted by Crippen LogP contribution is 2.45. The summed E-state index contributed by atoms with van der Waals surface area (Å²) in [6.45, 7) is 9.46. The minimum atomic E-state index is -0.157. The molecule has 0 saturated carbocycles.